The number of aryl methyl sites for hydroxylation is 1. The second-order valence-electron chi connectivity index (χ2n) is 4.54. The van der Waals surface area contributed by atoms with E-state index in [-0.39, 0.29) is 5.91 Å². The monoisotopic (exact) mass is 367 g/mol. The first-order chi connectivity index (χ1) is 10.1. The molecular weight excluding hydrogens is 353 g/mol. The molecule has 2 nitrogen and oxygen atoms in total. The third kappa shape index (κ3) is 4.86. The minimum absolute atomic E-state index is 0.272. The lowest BCUT2D eigenvalue weighted by Crippen LogP contribution is -2.26. The largest absolute Gasteiger partial charge is 0.351 e. The Morgan fingerprint density at radius 3 is 2.67 bits per heavy atom. The number of carbonyl (C=O) groups excluding carboxylic acids is 1. The van der Waals surface area contributed by atoms with E-state index in [1.54, 1.807) is 11.8 Å². The lowest BCUT2D eigenvalue weighted by atomic mass is 10.2. The molecule has 0 aliphatic heterocycles. The van der Waals surface area contributed by atoms with Gasteiger partial charge in [0.1, 0.15) is 5.82 Å². The minimum atomic E-state index is -0.419. The summed E-state index contributed by atoms with van der Waals surface area (Å²) in [5.41, 5.74) is 1.54. The van der Waals surface area contributed by atoms with Crippen molar-refractivity contribution >= 4 is 33.6 Å². The maximum Gasteiger partial charge on any atom is 0.252 e. The summed E-state index contributed by atoms with van der Waals surface area (Å²) in [7, 11) is 0. The molecule has 5 heteroatoms. The van der Waals surface area contributed by atoms with Gasteiger partial charge in [0, 0.05) is 21.7 Å². The van der Waals surface area contributed by atoms with Crippen LogP contribution in [-0.4, -0.2) is 18.2 Å². The molecule has 0 aliphatic carbocycles. The zero-order valence-electron chi connectivity index (χ0n) is 11.5. The van der Waals surface area contributed by atoms with Gasteiger partial charge in [-0.05, 0) is 53.2 Å². The molecule has 0 radical (unpaired) electrons. The summed E-state index contributed by atoms with van der Waals surface area (Å²) in [5.74, 6) is 0.0742. The number of benzene rings is 2. The molecule has 0 saturated heterocycles. The summed E-state index contributed by atoms with van der Waals surface area (Å²) in [6, 6.07) is 12.3. The highest BCUT2D eigenvalue weighted by molar-refractivity contribution is 9.10. The van der Waals surface area contributed by atoms with E-state index in [1.165, 1.54) is 28.7 Å². The first kappa shape index (κ1) is 16.0. The number of rotatable bonds is 5. The van der Waals surface area contributed by atoms with Crippen molar-refractivity contribution in [3.63, 3.8) is 0 Å². The second kappa shape index (κ2) is 7.61. The van der Waals surface area contributed by atoms with Gasteiger partial charge in [0.25, 0.3) is 5.91 Å². The van der Waals surface area contributed by atoms with Crippen molar-refractivity contribution in [3.05, 3.63) is 63.9 Å². The fraction of sp³-hybridized carbons (Fsp3) is 0.188. The summed E-state index contributed by atoms with van der Waals surface area (Å²) < 4.78 is 13.7. The van der Waals surface area contributed by atoms with E-state index in [2.05, 4.69) is 45.5 Å². The van der Waals surface area contributed by atoms with Gasteiger partial charge in [-0.25, -0.2) is 4.39 Å². The Hall–Kier alpha value is -1.33. The van der Waals surface area contributed by atoms with Crippen LogP contribution in [0.2, 0.25) is 0 Å². The molecule has 0 fully saturated rings. The third-order valence-corrected chi connectivity index (χ3v) is 4.56. The molecule has 0 aromatic heterocycles. The van der Waals surface area contributed by atoms with E-state index in [1.807, 2.05) is 6.92 Å². The highest BCUT2D eigenvalue weighted by Crippen LogP contribution is 2.19. The Bertz CT molecular complexity index is 631. The molecule has 0 heterocycles. The molecule has 0 unspecified atom stereocenters. The maximum atomic E-state index is 13.1. The van der Waals surface area contributed by atoms with E-state index in [0.29, 0.717) is 16.6 Å². The molecule has 0 bridgehead atoms. The van der Waals surface area contributed by atoms with Crippen LogP contribution in [0.4, 0.5) is 4.39 Å². The quantitative estimate of drug-likeness (QED) is 0.625. The van der Waals surface area contributed by atoms with Crippen molar-refractivity contribution in [2.45, 2.75) is 11.8 Å². The summed E-state index contributed by atoms with van der Waals surface area (Å²) >= 11 is 4.92. The average molecular weight is 368 g/mol. The first-order valence-electron chi connectivity index (χ1n) is 6.49. The second-order valence-corrected chi connectivity index (χ2v) is 6.56. The van der Waals surface area contributed by atoms with E-state index < -0.39 is 5.82 Å². The maximum absolute atomic E-state index is 13.1. The summed E-state index contributed by atoms with van der Waals surface area (Å²) in [4.78, 5) is 13.1. The van der Waals surface area contributed by atoms with Gasteiger partial charge >= 0.3 is 0 Å². The van der Waals surface area contributed by atoms with Gasteiger partial charge in [-0.3, -0.25) is 4.79 Å². The van der Waals surface area contributed by atoms with Crippen molar-refractivity contribution in [2.75, 3.05) is 12.3 Å². The topological polar surface area (TPSA) is 29.1 Å². The lowest BCUT2D eigenvalue weighted by Gasteiger charge is -2.07. The highest BCUT2D eigenvalue weighted by Gasteiger charge is 2.10. The van der Waals surface area contributed by atoms with Crippen molar-refractivity contribution in [3.8, 4) is 0 Å². The van der Waals surface area contributed by atoms with Gasteiger partial charge in [0.05, 0.1) is 5.56 Å². The van der Waals surface area contributed by atoms with E-state index >= 15 is 0 Å². The predicted octanol–water partition coefficient (Wildman–Crippen LogP) is 4.42. The number of nitrogens with one attached hydrogen (secondary N) is 1. The SMILES string of the molecule is Cc1ccc(SCCNC(=O)c2cc(F)ccc2Br)cc1. The zero-order chi connectivity index (χ0) is 15.2. The average Bonchev–Trinajstić information content (AvgIpc) is 2.47. The van der Waals surface area contributed by atoms with Gasteiger partial charge in [-0.15, -0.1) is 11.8 Å². The molecule has 0 saturated carbocycles. The highest BCUT2D eigenvalue weighted by atomic mass is 79.9. The summed E-state index contributed by atoms with van der Waals surface area (Å²) in [6.45, 7) is 2.58. The van der Waals surface area contributed by atoms with Gasteiger partial charge in [-0.2, -0.15) is 0 Å². The molecular formula is C16H15BrFNOS. The third-order valence-electron chi connectivity index (χ3n) is 2.85. The van der Waals surface area contributed by atoms with Crippen molar-refractivity contribution in [1.29, 1.82) is 0 Å². The Labute approximate surface area is 136 Å². The lowest BCUT2D eigenvalue weighted by molar-refractivity contribution is 0.0955. The standard InChI is InChI=1S/C16H15BrFNOS/c1-11-2-5-13(6-3-11)21-9-8-19-16(20)14-10-12(18)4-7-15(14)17/h2-7,10H,8-9H2,1H3,(H,19,20). The molecule has 2 aromatic rings. The summed E-state index contributed by atoms with van der Waals surface area (Å²) in [5, 5.41) is 2.79. The number of thioether (sulfide) groups is 1. The van der Waals surface area contributed by atoms with Crippen molar-refractivity contribution < 1.29 is 9.18 Å². The van der Waals surface area contributed by atoms with Crippen LogP contribution < -0.4 is 5.32 Å². The van der Waals surface area contributed by atoms with E-state index in [9.17, 15) is 9.18 Å². The van der Waals surface area contributed by atoms with Gasteiger partial charge in [-0.1, -0.05) is 17.7 Å². The summed E-state index contributed by atoms with van der Waals surface area (Å²) in [6.07, 6.45) is 0. The van der Waals surface area contributed by atoms with E-state index in [0.717, 1.165) is 5.75 Å². The molecule has 0 atom stereocenters. The zero-order valence-corrected chi connectivity index (χ0v) is 13.9. The molecule has 0 aliphatic rings. The van der Waals surface area contributed by atoms with Crippen molar-refractivity contribution in [1.82, 2.24) is 5.32 Å². The van der Waals surface area contributed by atoms with Crippen LogP contribution in [0.25, 0.3) is 0 Å². The Morgan fingerprint density at radius 1 is 1.24 bits per heavy atom. The molecule has 110 valence electrons. The number of hydrogen-bond acceptors (Lipinski definition) is 2. The van der Waals surface area contributed by atoms with Gasteiger partial charge < -0.3 is 5.32 Å². The molecule has 2 aromatic carbocycles. The van der Waals surface area contributed by atoms with Crippen LogP contribution in [-0.2, 0) is 0 Å². The fourth-order valence-corrected chi connectivity index (χ4v) is 2.93. The van der Waals surface area contributed by atoms with Crippen LogP contribution in [0.3, 0.4) is 0 Å². The molecule has 21 heavy (non-hydrogen) atoms. The molecule has 1 amide bonds. The molecule has 0 spiro atoms. The normalized spacial score (nSPS) is 10.4. The number of carbonyl (C=O) groups is 1. The Morgan fingerprint density at radius 2 is 1.95 bits per heavy atom. The van der Waals surface area contributed by atoms with Gasteiger partial charge in [0.15, 0.2) is 0 Å². The number of hydrogen-bond donors (Lipinski definition) is 1. The van der Waals surface area contributed by atoms with Crippen LogP contribution in [0.1, 0.15) is 15.9 Å². The van der Waals surface area contributed by atoms with Crippen LogP contribution in [0.15, 0.2) is 51.8 Å². The van der Waals surface area contributed by atoms with Crippen LogP contribution in [0.5, 0.6) is 0 Å². The minimum Gasteiger partial charge on any atom is -0.351 e. The van der Waals surface area contributed by atoms with Crippen molar-refractivity contribution in [2.24, 2.45) is 0 Å². The smallest absolute Gasteiger partial charge is 0.252 e. The number of amides is 1. The molecule has 1 N–H and O–H groups in total. The first-order valence-corrected chi connectivity index (χ1v) is 8.27. The Kier molecular flexibility index (Phi) is 5.82. The fourth-order valence-electron chi connectivity index (χ4n) is 1.73. The predicted molar refractivity (Wildman–Crippen MR) is 88.3 cm³/mol. The van der Waals surface area contributed by atoms with Crippen LogP contribution in [0, 0.1) is 12.7 Å². The number of halogens is 2. The van der Waals surface area contributed by atoms with Crippen LogP contribution >= 0.6 is 27.7 Å². The van der Waals surface area contributed by atoms with E-state index in [4.69, 9.17) is 0 Å². The molecule has 2 rings (SSSR count). The van der Waals surface area contributed by atoms with Gasteiger partial charge in [0.2, 0.25) is 0 Å². The Balaban J connectivity index is 1.81.